The minimum absolute atomic E-state index is 0.00639. The topological polar surface area (TPSA) is 62.5 Å². The van der Waals surface area contributed by atoms with E-state index in [9.17, 15) is 14.7 Å². The second-order valence-electron chi connectivity index (χ2n) is 8.01. The molecule has 5 nitrogen and oxygen atoms in total. The third kappa shape index (κ3) is 2.90. The van der Waals surface area contributed by atoms with Crippen LogP contribution < -0.4 is 5.56 Å². The fraction of sp³-hybridized carbons (Fsp3) is 0.455. The lowest BCUT2D eigenvalue weighted by molar-refractivity contribution is -0.0644. The van der Waals surface area contributed by atoms with E-state index in [-0.39, 0.29) is 28.9 Å². The molecule has 4 rings (SSSR count). The lowest BCUT2D eigenvalue weighted by Crippen LogP contribution is -2.43. The first kappa shape index (κ1) is 18.0. The molecule has 2 fully saturated rings. The summed E-state index contributed by atoms with van der Waals surface area (Å²) >= 11 is 0. The van der Waals surface area contributed by atoms with E-state index in [1.165, 1.54) is 4.57 Å². The summed E-state index contributed by atoms with van der Waals surface area (Å²) in [6, 6.07) is 13.2. The van der Waals surface area contributed by atoms with Gasteiger partial charge in [0.25, 0.3) is 11.5 Å². The van der Waals surface area contributed by atoms with Crippen molar-refractivity contribution < 1.29 is 9.90 Å². The van der Waals surface area contributed by atoms with Gasteiger partial charge in [-0.1, -0.05) is 30.3 Å². The van der Waals surface area contributed by atoms with Crippen LogP contribution in [0, 0.1) is 18.8 Å². The fourth-order valence-corrected chi connectivity index (χ4v) is 4.84. The highest BCUT2D eigenvalue weighted by atomic mass is 16.3. The van der Waals surface area contributed by atoms with Crippen LogP contribution in [0.3, 0.4) is 0 Å². The van der Waals surface area contributed by atoms with Crippen molar-refractivity contribution in [3.05, 3.63) is 69.6 Å². The normalized spacial score (nSPS) is 27.4. The van der Waals surface area contributed by atoms with Crippen LogP contribution in [0.25, 0.3) is 0 Å². The first-order chi connectivity index (χ1) is 12.9. The Morgan fingerprint density at radius 3 is 2.63 bits per heavy atom. The zero-order valence-corrected chi connectivity index (χ0v) is 15.9. The predicted octanol–water partition coefficient (Wildman–Crippen LogP) is 2.45. The second kappa shape index (κ2) is 6.64. The van der Waals surface area contributed by atoms with Gasteiger partial charge in [0.1, 0.15) is 5.56 Å². The number of aryl methyl sites for hydroxylation is 1. The van der Waals surface area contributed by atoms with E-state index in [4.69, 9.17) is 0 Å². The average Bonchev–Trinajstić information content (AvgIpc) is 3.13. The molecule has 1 aromatic carbocycles. The molecule has 1 aliphatic carbocycles. The van der Waals surface area contributed by atoms with Gasteiger partial charge in [0.2, 0.25) is 0 Å². The number of pyridine rings is 1. The molecule has 2 heterocycles. The summed E-state index contributed by atoms with van der Waals surface area (Å²) in [4.78, 5) is 27.3. The zero-order valence-electron chi connectivity index (χ0n) is 15.9. The maximum absolute atomic E-state index is 13.1. The number of carbonyl (C=O) groups is 1. The van der Waals surface area contributed by atoms with Gasteiger partial charge >= 0.3 is 0 Å². The molecule has 1 amide bonds. The Morgan fingerprint density at radius 2 is 1.89 bits per heavy atom. The van der Waals surface area contributed by atoms with Gasteiger partial charge in [-0.2, -0.15) is 0 Å². The Labute approximate surface area is 159 Å². The smallest absolute Gasteiger partial charge is 0.263 e. The molecule has 1 aromatic heterocycles. The van der Waals surface area contributed by atoms with Gasteiger partial charge in [-0.25, -0.2) is 0 Å². The van der Waals surface area contributed by atoms with Gasteiger partial charge in [0, 0.05) is 31.7 Å². The van der Waals surface area contributed by atoms with Gasteiger partial charge in [0.15, 0.2) is 0 Å². The molecule has 0 unspecified atom stereocenters. The van der Waals surface area contributed by atoms with Crippen LogP contribution in [-0.2, 0) is 12.6 Å². The summed E-state index contributed by atoms with van der Waals surface area (Å²) in [7, 11) is 1.69. The first-order valence-corrected chi connectivity index (χ1v) is 9.65. The number of carbonyl (C=O) groups excluding carboxylic acids is 1. The van der Waals surface area contributed by atoms with Crippen LogP contribution >= 0.6 is 0 Å². The molecule has 1 N–H and O–H groups in total. The van der Waals surface area contributed by atoms with Crippen molar-refractivity contribution in [3.8, 4) is 0 Å². The average molecular weight is 366 g/mol. The van der Waals surface area contributed by atoms with Crippen molar-refractivity contribution in [2.75, 3.05) is 13.1 Å². The number of nitrogens with zero attached hydrogens (tertiary/aromatic N) is 2. The number of aromatic nitrogens is 1. The molecule has 0 radical (unpaired) electrons. The number of amides is 1. The Balaban J connectivity index is 1.63. The Bertz CT molecular complexity index is 921. The Hall–Kier alpha value is -2.40. The molecule has 2 aromatic rings. The van der Waals surface area contributed by atoms with E-state index in [1.807, 2.05) is 37.3 Å². The van der Waals surface area contributed by atoms with Crippen LogP contribution in [0.4, 0.5) is 0 Å². The number of benzene rings is 1. The quantitative estimate of drug-likeness (QED) is 0.888. The molecular weight excluding hydrogens is 340 g/mol. The van der Waals surface area contributed by atoms with Gasteiger partial charge in [0.05, 0.1) is 5.60 Å². The summed E-state index contributed by atoms with van der Waals surface area (Å²) in [6.45, 7) is 2.95. The van der Waals surface area contributed by atoms with Crippen molar-refractivity contribution >= 4 is 5.91 Å². The summed E-state index contributed by atoms with van der Waals surface area (Å²) in [6.07, 6.45) is 2.67. The van der Waals surface area contributed by atoms with Crippen molar-refractivity contribution in [2.24, 2.45) is 18.9 Å². The monoisotopic (exact) mass is 366 g/mol. The number of rotatable bonds is 2. The number of hydrogen-bond donors (Lipinski definition) is 1. The van der Waals surface area contributed by atoms with Crippen LogP contribution in [0.2, 0.25) is 0 Å². The SMILES string of the molecule is Cc1ccc(C(=O)N2C[C@H]3CCC[C@](O)(c4ccccc4)[C@H]3C2)c(=O)n1C. The lowest BCUT2D eigenvalue weighted by Gasteiger charge is -2.41. The summed E-state index contributed by atoms with van der Waals surface area (Å²) in [5.74, 6) is 0.0505. The minimum Gasteiger partial charge on any atom is -0.385 e. The van der Waals surface area contributed by atoms with Crippen molar-refractivity contribution in [3.63, 3.8) is 0 Å². The predicted molar refractivity (Wildman–Crippen MR) is 103 cm³/mol. The second-order valence-corrected chi connectivity index (χ2v) is 8.01. The van der Waals surface area contributed by atoms with Crippen LogP contribution in [0.5, 0.6) is 0 Å². The van der Waals surface area contributed by atoms with Crippen LogP contribution in [-0.4, -0.2) is 33.6 Å². The highest BCUT2D eigenvalue weighted by molar-refractivity contribution is 5.94. The van der Waals surface area contributed by atoms with Gasteiger partial charge in [-0.15, -0.1) is 0 Å². The van der Waals surface area contributed by atoms with E-state index in [1.54, 1.807) is 24.1 Å². The van der Waals surface area contributed by atoms with Gasteiger partial charge < -0.3 is 14.6 Å². The highest BCUT2D eigenvalue weighted by Gasteiger charge is 2.50. The van der Waals surface area contributed by atoms with E-state index < -0.39 is 5.60 Å². The Morgan fingerprint density at radius 1 is 1.15 bits per heavy atom. The van der Waals surface area contributed by atoms with Crippen LogP contribution in [0.1, 0.15) is 40.9 Å². The lowest BCUT2D eigenvalue weighted by atomic mass is 9.67. The third-order valence-electron chi connectivity index (χ3n) is 6.53. The van der Waals surface area contributed by atoms with E-state index in [2.05, 4.69) is 0 Å². The maximum atomic E-state index is 13.1. The molecule has 0 bridgehead atoms. The molecular formula is C22H26N2O3. The van der Waals surface area contributed by atoms with Crippen LogP contribution in [0.15, 0.2) is 47.3 Å². The summed E-state index contributed by atoms with van der Waals surface area (Å²) in [5, 5.41) is 11.5. The van der Waals surface area contributed by atoms with Crippen molar-refractivity contribution in [2.45, 2.75) is 31.8 Å². The Kier molecular flexibility index (Phi) is 4.42. The largest absolute Gasteiger partial charge is 0.385 e. The standard InChI is InChI=1S/C22H26N2O3/c1-15-10-11-18(20(25)23(15)2)21(26)24-13-16-7-6-12-22(27,19(16)14-24)17-8-4-3-5-9-17/h3-5,8-11,16,19,27H,6-7,12-14H2,1-2H3/t16-,19+,22+/m1/s1. The molecule has 1 saturated heterocycles. The van der Waals surface area contributed by atoms with E-state index in [0.717, 1.165) is 24.1 Å². The van der Waals surface area contributed by atoms with E-state index in [0.29, 0.717) is 19.5 Å². The molecule has 1 aliphatic heterocycles. The maximum Gasteiger partial charge on any atom is 0.263 e. The van der Waals surface area contributed by atoms with Gasteiger partial charge in [-0.3, -0.25) is 9.59 Å². The molecule has 1 saturated carbocycles. The molecule has 3 atom stereocenters. The third-order valence-corrected chi connectivity index (χ3v) is 6.53. The molecule has 142 valence electrons. The minimum atomic E-state index is -0.905. The molecule has 27 heavy (non-hydrogen) atoms. The molecule has 2 aliphatic rings. The number of hydrogen-bond acceptors (Lipinski definition) is 3. The number of aliphatic hydroxyl groups is 1. The van der Waals surface area contributed by atoms with E-state index >= 15 is 0 Å². The summed E-state index contributed by atoms with van der Waals surface area (Å²) in [5.41, 5.74) is 0.806. The number of likely N-dealkylation sites (tertiary alicyclic amines) is 1. The number of fused-ring (bicyclic) bond motifs is 1. The van der Waals surface area contributed by atoms with Crippen molar-refractivity contribution in [1.29, 1.82) is 0 Å². The first-order valence-electron chi connectivity index (χ1n) is 9.65. The highest BCUT2D eigenvalue weighted by Crippen LogP contribution is 2.48. The summed E-state index contributed by atoms with van der Waals surface area (Å²) < 4.78 is 1.51. The van der Waals surface area contributed by atoms with Gasteiger partial charge in [-0.05, 0) is 49.8 Å². The van der Waals surface area contributed by atoms with Crippen molar-refractivity contribution in [1.82, 2.24) is 9.47 Å². The molecule has 5 heteroatoms. The zero-order chi connectivity index (χ0) is 19.2. The molecule has 0 spiro atoms. The fourth-order valence-electron chi connectivity index (χ4n) is 4.84.